The predicted molar refractivity (Wildman–Crippen MR) is 93.3 cm³/mol. The van der Waals surface area contributed by atoms with Crippen molar-refractivity contribution >= 4 is 29.0 Å². The van der Waals surface area contributed by atoms with Gasteiger partial charge in [-0.1, -0.05) is 19.8 Å². The van der Waals surface area contributed by atoms with E-state index in [2.05, 4.69) is 17.2 Å². The van der Waals surface area contributed by atoms with Crippen LogP contribution in [0.5, 0.6) is 0 Å². The molecule has 6 heteroatoms. The highest BCUT2D eigenvalue weighted by molar-refractivity contribution is 7.71. The van der Waals surface area contributed by atoms with E-state index < -0.39 is 0 Å². The molecule has 1 aliphatic carbocycles. The Hall–Kier alpha value is -1.95. The van der Waals surface area contributed by atoms with Crippen LogP contribution in [0.25, 0.3) is 10.9 Å². The topological polar surface area (TPSA) is 66.9 Å². The van der Waals surface area contributed by atoms with Gasteiger partial charge in [0.05, 0.1) is 10.9 Å². The third-order valence-electron chi connectivity index (χ3n) is 4.79. The van der Waals surface area contributed by atoms with Gasteiger partial charge >= 0.3 is 0 Å². The van der Waals surface area contributed by atoms with Gasteiger partial charge in [-0.25, -0.2) is 0 Å². The molecular weight excluding hydrogens is 310 g/mol. The lowest BCUT2D eigenvalue weighted by Crippen LogP contribution is -2.41. The van der Waals surface area contributed by atoms with Gasteiger partial charge in [0.25, 0.3) is 11.5 Å². The van der Waals surface area contributed by atoms with Gasteiger partial charge in [-0.2, -0.15) is 0 Å². The zero-order chi connectivity index (χ0) is 16.6. The lowest BCUT2D eigenvalue weighted by atomic mass is 9.86. The number of hydrogen-bond acceptors (Lipinski definition) is 3. The van der Waals surface area contributed by atoms with Crippen molar-refractivity contribution in [2.45, 2.75) is 38.6 Å². The minimum Gasteiger partial charge on any atom is -0.349 e. The number of fused-ring (bicyclic) bond motifs is 1. The Labute approximate surface area is 139 Å². The van der Waals surface area contributed by atoms with Crippen molar-refractivity contribution in [3.63, 3.8) is 0 Å². The average molecular weight is 331 g/mol. The lowest BCUT2D eigenvalue weighted by Gasteiger charge is -2.29. The van der Waals surface area contributed by atoms with Crippen molar-refractivity contribution < 1.29 is 4.79 Å². The van der Waals surface area contributed by atoms with Crippen molar-refractivity contribution in [1.82, 2.24) is 14.9 Å². The SMILES string of the molecule is C[C@@H]1CCCC[C@H]1NC(=O)c1ccc2c(=O)n(C)c(=S)[nH]c2c1. The van der Waals surface area contributed by atoms with Gasteiger partial charge in [0, 0.05) is 18.7 Å². The summed E-state index contributed by atoms with van der Waals surface area (Å²) in [7, 11) is 1.63. The number of benzene rings is 1. The third-order valence-corrected chi connectivity index (χ3v) is 5.17. The summed E-state index contributed by atoms with van der Waals surface area (Å²) in [5.74, 6) is 0.414. The normalized spacial score (nSPS) is 21.3. The van der Waals surface area contributed by atoms with E-state index in [0.717, 1.165) is 19.3 Å². The molecule has 1 saturated carbocycles. The summed E-state index contributed by atoms with van der Waals surface area (Å²) in [4.78, 5) is 27.7. The number of aromatic amines is 1. The number of H-pyrrole nitrogens is 1. The fraction of sp³-hybridized carbons (Fsp3) is 0.471. The van der Waals surface area contributed by atoms with Gasteiger partial charge in [0.15, 0.2) is 4.77 Å². The van der Waals surface area contributed by atoms with E-state index in [0.29, 0.717) is 27.2 Å². The molecule has 2 aromatic rings. The molecule has 0 aliphatic heterocycles. The highest BCUT2D eigenvalue weighted by Crippen LogP contribution is 2.24. The quantitative estimate of drug-likeness (QED) is 0.832. The molecule has 1 aliphatic rings. The summed E-state index contributed by atoms with van der Waals surface area (Å²) in [6.45, 7) is 2.19. The maximum absolute atomic E-state index is 12.5. The zero-order valence-electron chi connectivity index (χ0n) is 13.4. The van der Waals surface area contributed by atoms with E-state index in [9.17, 15) is 9.59 Å². The summed E-state index contributed by atoms with van der Waals surface area (Å²) in [6.07, 6.45) is 4.59. The molecule has 0 saturated heterocycles. The monoisotopic (exact) mass is 331 g/mol. The van der Waals surface area contributed by atoms with Crippen LogP contribution in [0, 0.1) is 10.7 Å². The molecule has 2 atom stereocenters. The predicted octanol–water partition coefficient (Wildman–Crippen LogP) is 2.90. The Kier molecular flexibility index (Phi) is 4.35. The van der Waals surface area contributed by atoms with Gasteiger partial charge < -0.3 is 10.3 Å². The van der Waals surface area contributed by atoms with E-state index in [-0.39, 0.29) is 17.5 Å². The Morgan fingerprint density at radius 3 is 2.83 bits per heavy atom. The zero-order valence-corrected chi connectivity index (χ0v) is 14.2. The second-order valence-corrected chi connectivity index (χ2v) is 6.78. The van der Waals surface area contributed by atoms with Gasteiger partial charge in [0.2, 0.25) is 0 Å². The summed E-state index contributed by atoms with van der Waals surface area (Å²) < 4.78 is 1.74. The first-order valence-corrected chi connectivity index (χ1v) is 8.42. The second-order valence-electron chi connectivity index (χ2n) is 6.40. The Bertz CT molecular complexity index is 868. The third kappa shape index (κ3) is 3.08. The van der Waals surface area contributed by atoms with Crippen LogP contribution in [-0.4, -0.2) is 21.5 Å². The molecule has 5 nitrogen and oxygen atoms in total. The van der Waals surface area contributed by atoms with Crippen molar-refractivity contribution in [3.05, 3.63) is 38.9 Å². The van der Waals surface area contributed by atoms with Gasteiger partial charge in [-0.15, -0.1) is 0 Å². The molecule has 1 heterocycles. The summed E-state index contributed by atoms with van der Waals surface area (Å²) in [5, 5.41) is 3.66. The molecule has 0 unspecified atom stereocenters. The number of hydrogen-bond donors (Lipinski definition) is 2. The molecule has 3 rings (SSSR count). The van der Waals surface area contributed by atoms with Crippen molar-refractivity contribution in [2.75, 3.05) is 0 Å². The summed E-state index contributed by atoms with van der Waals surface area (Å²) >= 11 is 5.13. The Balaban J connectivity index is 1.91. The molecule has 122 valence electrons. The maximum atomic E-state index is 12.5. The molecular formula is C17H21N3O2S. The van der Waals surface area contributed by atoms with Crippen LogP contribution in [0.3, 0.4) is 0 Å². The average Bonchev–Trinajstić information content (AvgIpc) is 2.54. The highest BCUT2D eigenvalue weighted by atomic mass is 32.1. The number of nitrogens with one attached hydrogen (secondary N) is 2. The maximum Gasteiger partial charge on any atom is 0.261 e. The first-order chi connectivity index (χ1) is 11.0. The van der Waals surface area contributed by atoms with Gasteiger partial charge in [-0.3, -0.25) is 14.2 Å². The number of nitrogens with zero attached hydrogens (tertiary/aromatic N) is 1. The highest BCUT2D eigenvalue weighted by Gasteiger charge is 2.23. The van der Waals surface area contributed by atoms with Crippen LogP contribution in [0.1, 0.15) is 43.0 Å². The Morgan fingerprint density at radius 2 is 2.09 bits per heavy atom. The molecule has 1 aromatic heterocycles. The summed E-state index contributed by atoms with van der Waals surface area (Å²) in [6, 6.07) is 5.31. The molecule has 23 heavy (non-hydrogen) atoms. The fourth-order valence-corrected chi connectivity index (χ4v) is 3.42. The Morgan fingerprint density at radius 1 is 1.35 bits per heavy atom. The van der Waals surface area contributed by atoms with E-state index in [4.69, 9.17) is 12.2 Å². The molecule has 2 N–H and O–H groups in total. The van der Waals surface area contributed by atoms with Crippen LogP contribution in [0.4, 0.5) is 0 Å². The van der Waals surface area contributed by atoms with Crippen LogP contribution in [0.2, 0.25) is 0 Å². The van der Waals surface area contributed by atoms with Gasteiger partial charge in [-0.05, 0) is 49.2 Å². The van der Waals surface area contributed by atoms with Crippen LogP contribution in [0.15, 0.2) is 23.0 Å². The van der Waals surface area contributed by atoms with Gasteiger partial charge in [0.1, 0.15) is 0 Å². The van der Waals surface area contributed by atoms with Crippen molar-refractivity contribution in [3.8, 4) is 0 Å². The van der Waals surface area contributed by atoms with E-state index in [1.807, 2.05) is 0 Å². The minimum atomic E-state index is -0.156. The molecule has 1 amide bonds. The van der Waals surface area contributed by atoms with Crippen molar-refractivity contribution in [2.24, 2.45) is 13.0 Å². The standard InChI is InChI=1S/C17H21N3O2S/c1-10-5-3-4-6-13(10)18-15(21)11-7-8-12-14(9-11)19-17(23)20(2)16(12)22/h7-10,13H,3-6H2,1-2H3,(H,18,21)(H,19,23)/t10-,13-/m1/s1. The molecule has 1 fully saturated rings. The van der Waals surface area contributed by atoms with Crippen LogP contribution < -0.4 is 10.9 Å². The second kappa shape index (κ2) is 6.28. The number of aromatic nitrogens is 2. The number of carbonyl (C=O) groups is 1. The molecule has 1 aromatic carbocycles. The van der Waals surface area contributed by atoms with Crippen LogP contribution in [-0.2, 0) is 7.05 Å². The van der Waals surface area contributed by atoms with E-state index in [1.165, 1.54) is 11.0 Å². The van der Waals surface area contributed by atoms with E-state index in [1.54, 1.807) is 25.2 Å². The first-order valence-electron chi connectivity index (χ1n) is 8.01. The summed E-state index contributed by atoms with van der Waals surface area (Å²) in [5.41, 5.74) is 0.994. The minimum absolute atomic E-state index is 0.0920. The molecule has 0 bridgehead atoms. The van der Waals surface area contributed by atoms with Crippen molar-refractivity contribution in [1.29, 1.82) is 0 Å². The number of rotatable bonds is 2. The molecule has 0 radical (unpaired) electrons. The fourth-order valence-electron chi connectivity index (χ4n) is 3.23. The van der Waals surface area contributed by atoms with E-state index >= 15 is 0 Å². The van der Waals surface area contributed by atoms with Crippen LogP contribution >= 0.6 is 12.2 Å². The number of carbonyl (C=O) groups excluding carboxylic acids is 1. The smallest absolute Gasteiger partial charge is 0.261 e. The lowest BCUT2D eigenvalue weighted by molar-refractivity contribution is 0.0910. The largest absolute Gasteiger partial charge is 0.349 e. The first kappa shape index (κ1) is 15.9. The number of amides is 1. The molecule has 0 spiro atoms.